The maximum absolute atomic E-state index is 11.9. The number of hydrogen-bond donors (Lipinski definition) is 1. The van der Waals surface area contributed by atoms with Gasteiger partial charge < -0.3 is 14.8 Å². The third kappa shape index (κ3) is 7.42. The monoisotopic (exact) mass is 441 g/mol. The fraction of sp³-hybridized carbons (Fsp3) is 0.867. The van der Waals surface area contributed by atoms with Crippen molar-refractivity contribution in [2.45, 2.75) is 55.3 Å². The van der Waals surface area contributed by atoms with E-state index < -0.39 is 9.34 Å². The van der Waals surface area contributed by atoms with Crippen LogP contribution in [-0.2, 0) is 19.1 Å². The summed E-state index contributed by atoms with van der Waals surface area (Å²) in [7, 11) is 0. The molecule has 128 valence electrons. The Kier molecular flexibility index (Phi) is 8.94. The molecule has 1 saturated heterocycles. The van der Waals surface area contributed by atoms with Crippen LogP contribution < -0.4 is 5.32 Å². The Balaban J connectivity index is 2.18. The van der Waals surface area contributed by atoms with Crippen LogP contribution in [0.25, 0.3) is 0 Å². The Morgan fingerprint density at radius 2 is 1.86 bits per heavy atom. The lowest BCUT2D eigenvalue weighted by Crippen LogP contribution is -2.42. The van der Waals surface area contributed by atoms with Gasteiger partial charge in [-0.1, -0.05) is 31.9 Å². The van der Waals surface area contributed by atoms with E-state index in [4.69, 9.17) is 9.47 Å². The lowest BCUT2D eigenvalue weighted by atomic mass is 9.83. The van der Waals surface area contributed by atoms with E-state index in [0.29, 0.717) is 31.8 Å². The molecule has 1 heterocycles. The van der Waals surface area contributed by atoms with Crippen LogP contribution in [0.5, 0.6) is 0 Å². The number of carbonyl (C=O) groups excluding carboxylic acids is 2. The highest BCUT2D eigenvalue weighted by Crippen LogP contribution is 2.29. The van der Waals surface area contributed by atoms with Gasteiger partial charge in [-0.2, -0.15) is 0 Å². The maximum atomic E-state index is 11.9. The molecule has 0 amide bonds. The van der Waals surface area contributed by atoms with Crippen molar-refractivity contribution in [2.75, 3.05) is 19.7 Å². The van der Waals surface area contributed by atoms with Gasteiger partial charge in [0, 0.05) is 12.3 Å². The van der Waals surface area contributed by atoms with Gasteiger partial charge in [-0.25, -0.2) is 4.79 Å². The van der Waals surface area contributed by atoms with E-state index in [1.807, 2.05) is 13.8 Å². The highest BCUT2D eigenvalue weighted by atomic mass is 79.9. The molecule has 1 rings (SSSR count). The zero-order valence-electron chi connectivity index (χ0n) is 13.2. The fourth-order valence-electron chi connectivity index (χ4n) is 2.55. The molecule has 0 bridgehead atoms. The molecule has 0 atom stereocenters. The Hall–Kier alpha value is -0.140. The van der Waals surface area contributed by atoms with Crippen LogP contribution in [0.2, 0.25) is 0 Å². The zero-order valence-corrected chi connectivity index (χ0v) is 16.4. The summed E-state index contributed by atoms with van der Waals surface area (Å²) in [5, 5.41) is 3.32. The lowest BCUT2D eigenvalue weighted by Gasteiger charge is -2.36. The molecule has 1 fully saturated rings. The Labute approximate surface area is 149 Å². The van der Waals surface area contributed by atoms with Crippen LogP contribution in [0.3, 0.4) is 0 Å². The average Bonchev–Trinajstić information content (AvgIpc) is 2.47. The van der Waals surface area contributed by atoms with Crippen molar-refractivity contribution in [1.82, 2.24) is 5.32 Å². The minimum atomic E-state index is -0.476. The van der Waals surface area contributed by atoms with Gasteiger partial charge in [0.05, 0.1) is 6.61 Å². The molecule has 0 aromatic heterocycles. The first-order valence-corrected chi connectivity index (χ1v) is 9.53. The second-order valence-corrected chi connectivity index (χ2v) is 9.09. The van der Waals surface area contributed by atoms with Crippen molar-refractivity contribution in [3.63, 3.8) is 0 Å². The number of alkyl halides is 2. The quantitative estimate of drug-likeness (QED) is 0.355. The summed E-state index contributed by atoms with van der Waals surface area (Å²) >= 11 is 6.13. The predicted molar refractivity (Wildman–Crippen MR) is 92.2 cm³/mol. The highest BCUT2D eigenvalue weighted by molar-refractivity contribution is 9.25. The molecule has 0 aromatic rings. The molecule has 1 N–H and O–H groups in total. The van der Waals surface area contributed by atoms with Crippen LogP contribution in [0.1, 0.15) is 46.0 Å². The Morgan fingerprint density at radius 3 is 2.45 bits per heavy atom. The summed E-state index contributed by atoms with van der Waals surface area (Å²) in [6, 6.07) is 0. The standard InChI is InChI=1S/C15H25Br2NO4/c1-15(2,11-6-8-18-9-7-11)22-12(19)5-3-4-10-21-14(20)13(16)17/h11,13,18H,3-10H2,1-2H3. The van der Waals surface area contributed by atoms with Crippen molar-refractivity contribution in [2.24, 2.45) is 5.92 Å². The van der Waals surface area contributed by atoms with Gasteiger partial charge in [-0.15, -0.1) is 0 Å². The number of rotatable bonds is 8. The van der Waals surface area contributed by atoms with E-state index in [2.05, 4.69) is 37.2 Å². The smallest absolute Gasteiger partial charge is 0.330 e. The number of halogens is 2. The van der Waals surface area contributed by atoms with Crippen molar-refractivity contribution < 1.29 is 19.1 Å². The fourth-order valence-corrected chi connectivity index (χ4v) is 2.82. The summed E-state index contributed by atoms with van der Waals surface area (Å²) in [5.41, 5.74) is -0.412. The van der Waals surface area contributed by atoms with Gasteiger partial charge in [-0.3, -0.25) is 4.79 Å². The normalized spacial score (nSPS) is 16.6. The van der Waals surface area contributed by atoms with E-state index in [9.17, 15) is 9.59 Å². The van der Waals surface area contributed by atoms with Gasteiger partial charge in [0.1, 0.15) is 5.60 Å². The zero-order chi connectivity index (χ0) is 16.6. The largest absolute Gasteiger partial charge is 0.464 e. The number of nitrogens with one attached hydrogen (secondary N) is 1. The van der Waals surface area contributed by atoms with Crippen LogP contribution in [0, 0.1) is 5.92 Å². The minimum absolute atomic E-state index is 0.172. The van der Waals surface area contributed by atoms with Crippen LogP contribution in [0.15, 0.2) is 0 Å². The molecule has 0 spiro atoms. The molecule has 0 aliphatic carbocycles. The van der Waals surface area contributed by atoms with E-state index in [-0.39, 0.29) is 11.9 Å². The molecule has 1 aliphatic heterocycles. The molecule has 0 radical (unpaired) electrons. The maximum Gasteiger partial charge on any atom is 0.330 e. The van der Waals surface area contributed by atoms with Crippen LogP contribution in [-0.4, -0.2) is 41.0 Å². The molecular formula is C15H25Br2NO4. The average molecular weight is 443 g/mol. The molecular weight excluding hydrogens is 418 g/mol. The molecule has 7 heteroatoms. The van der Waals surface area contributed by atoms with Gasteiger partial charge in [0.2, 0.25) is 0 Å². The van der Waals surface area contributed by atoms with Gasteiger partial charge in [-0.05, 0) is 52.6 Å². The Bertz CT molecular complexity index is 369. The van der Waals surface area contributed by atoms with Gasteiger partial charge >= 0.3 is 11.9 Å². The molecule has 1 aliphatic rings. The van der Waals surface area contributed by atoms with Crippen molar-refractivity contribution in [3.8, 4) is 0 Å². The first-order chi connectivity index (χ1) is 10.3. The number of unbranched alkanes of at least 4 members (excludes halogenated alkanes) is 1. The SMILES string of the molecule is CC(C)(OC(=O)CCCCOC(=O)C(Br)Br)C1CCNCC1. The predicted octanol–water partition coefficient (Wildman–Crippen LogP) is 3.14. The summed E-state index contributed by atoms with van der Waals surface area (Å²) in [6.07, 6.45) is 3.75. The van der Waals surface area contributed by atoms with E-state index in [1.54, 1.807) is 0 Å². The lowest BCUT2D eigenvalue weighted by molar-refractivity contribution is -0.162. The van der Waals surface area contributed by atoms with Crippen LogP contribution in [0.4, 0.5) is 0 Å². The van der Waals surface area contributed by atoms with Crippen molar-refractivity contribution >= 4 is 43.8 Å². The number of esters is 2. The number of piperidine rings is 1. The summed E-state index contributed by atoms with van der Waals surface area (Å²) < 4.78 is 10.2. The van der Waals surface area contributed by atoms with Crippen molar-refractivity contribution in [3.05, 3.63) is 0 Å². The minimum Gasteiger partial charge on any atom is -0.464 e. The number of carbonyl (C=O) groups is 2. The van der Waals surface area contributed by atoms with E-state index in [0.717, 1.165) is 25.9 Å². The third-order valence-corrected chi connectivity index (χ3v) is 4.64. The van der Waals surface area contributed by atoms with E-state index >= 15 is 0 Å². The second kappa shape index (κ2) is 9.88. The topological polar surface area (TPSA) is 64.6 Å². The summed E-state index contributed by atoms with van der Waals surface area (Å²) in [6.45, 7) is 6.28. The Morgan fingerprint density at radius 1 is 1.23 bits per heavy atom. The van der Waals surface area contributed by atoms with Gasteiger partial charge in [0.15, 0.2) is 3.74 Å². The third-order valence-electron chi connectivity index (χ3n) is 3.90. The van der Waals surface area contributed by atoms with Crippen molar-refractivity contribution in [1.29, 1.82) is 0 Å². The number of hydrogen-bond acceptors (Lipinski definition) is 5. The first kappa shape index (κ1) is 19.9. The van der Waals surface area contributed by atoms with Gasteiger partial charge in [0.25, 0.3) is 0 Å². The highest BCUT2D eigenvalue weighted by Gasteiger charge is 2.33. The number of ether oxygens (including phenoxy) is 2. The molecule has 0 saturated carbocycles. The molecule has 5 nitrogen and oxygen atoms in total. The molecule has 0 aromatic carbocycles. The summed E-state index contributed by atoms with van der Waals surface area (Å²) in [5.74, 6) is -0.114. The summed E-state index contributed by atoms with van der Waals surface area (Å²) in [4.78, 5) is 23.1. The molecule has 22 heavy (non-hydrogen) atoms. The first-order valence-electron chi connectivity index (χ1n) is 7.70. The van der Waals surface area contributed by atoms with Crippen LogP contribution >= 0.6 is 31.9 Å². The second-order valence-electron chi connectivity index (χ2n) is 6.03. The van der Waals surface area contributed by atoms with E-state index in [1.165, 1.54) is 0 Å². The molecule has 0 unspecified atom stereocenters.